The molecule has 1 N–H and O–H groups in total. The van der Waals surface area contributed by atoms with Crippen molar-refractivity contribution < 1.29 is 4.79 Å². The zero-order valence-corrected chi connectivity index (χ0v) is 16.2. The lowest BCUT2D eigenvalue weighted by Crippen LogP contribution is -2.40. The van der Waals surface area contributed by atoms with Crippen molar-refractivity contribution in [2.75, 3.05) is 13.1 Å². The first kappa shape index (κ1) is 18.1. The fourth-order valence-electron chi connectivity index (χ4n) is 4.10. The van der Waals surface area contributed by atoms with E-state index < -0.39 is 0 Å². The third-order valence-electron chi connectivity index (χ3n) is 5.65. The van der Waals surface area contributed by atoms with Gasteiger partial charge in [0.1, 0.15) is 11.6 Å². The van der Waals surface area contributed by atoms with Gasteiger partial charge >= 0.3 is 0 Å². The van der Waals surface area contributed by atoms with Crippen LogP contribution >= 0.6 is 0 Å². The van der Waals surface area contributed by atoms with Crippen LogP contribution in [-0.4, -0.2) is 43.4 Å². The monoisotopic (exact) mass is 368 g/mol. The largest absolute Gasteiger partial charge is 0.338 e. The van der Waals surface area contributed by atoms with E-state index in [4.69, 9.17) is 4.98 Å². The molecule has 0 bridgehead atoms. The summed E-state index contributed by atoms with van der Waals surface area (Å²) in [5, 5.41) is 3.45. The molecule has 7 heteroatoms. The van der Waals surface area contributed by atoms with Crippen LogP contribution in [0.15, 0.2) is 18.6 Å². The maximum atomic E-state index is 13.0. The number of carbonyl (C=O) groups is 1. The second kappa shape index (κ2) is 7.76. The summed E-state index contributed by atoms with van der Waals surface area (Å²) in [5.41, 5.74) is 2.19. The van der Waals surface area contributed by atoms with Crippen molar-refractivity contribution in [1.29, 1.82) is 0 Å². The minimum Gasteiger partial charge on any atom is -0.338 e. The Morgan fingerprint density at radius 1 is 1.41 bits per heavy atom. The van der Waals surface area contributed by atoms with E-state index in [0.29, 0.717) is 13.1 Å². The average molecular weight is 368 g/mol. The highest BCUT2D eigenvalue weighted by Gasteiger charge is 2.27. The minimum atomic E-state index is -0.0751. The molecular formula is C20H28N6O. The molecule has 0 spiro atoms. The molecule has 1 amide bonds. The molecule has 4 rings (SSSR count). The number of carbonyl (C=O) groups excluding carboxylic acids is 1. The van der Waals surface area contributed by atoms with Gasteiger partial charge in [-0.15, -0.1) is 0 Å². The molecular weight excluding hydrogens is 340 g/mol. The molecule has 1 saturated heterocycles. The SMILES string of the molecule is CCc1nccn1C[C@H](C)C(=O)N1CCc2nc([C@H]3CCCN3)ncc2C1. The zero-order valence-electron chi connectivity index (χ0n) is 16.2. The predicted molar refractivity (Wildman–Crippen MR) is 102 cm³/mol. The average Bonchev–Trinajstić information content (AvgIpc) is 3.38. The van der Waals surface area contributed by atoms with Crippen molar-refractivity contribution in [3.05, 3.63) is 41.5 Å². The second-order valence-corrected chi connectivity index (χ2v) is 7.61. The lowest BCUT2D eigenvalue weighted by Gasteiger charge is -2.30. The zero-order chi connectivity index (χ0) is 18.8. The van der Waals surface area contributed by atoms with Crippen LogP contribution in [0.4, 0.5) is 0 Å². The van der Waals surface area contributed by atoms with Gasteiger partial charge in [-0.05, 0) is 19.4 Å². The van der Waals surface area contributed by atoms with Crippen molar-refractivity contribution in [1.82, 2.24) is 29.7 Å². The lowest BCUT2D eigenvalue weighted by atomic mass is 10.0. The van der Waals surface area contributed by atoms with Gasteiger partial charge in [-0.1, -0.05) is 13.8 Å². The minimum absolute atomic E-state index is 0.0751. The molecule has 0 saturated carbocycles. The fourth-order valence-corrected chi connectivity index (χ4v) is 4.10. The number of hydrogen-bond donors (Lipinski definition) is 1. The van der Waals surface area contributed by atoms with Crippen LogP contribution in [0.3, 0.4) is 0 Å². The van der Waals surface area contributed by atoms with Gasteiger partial charge in [0.25, 0.3) is 0 Å². The van der Waals surface area contributed by atoms with Gasteiger partial charge in [-0.25, -0.2) is 15.0 Å². The van der Waals surface area contributed by atoms with Crippen LogP contribution in [0, 0.1) is 5.92 Å². The Bertz CT molecular complexity index is 811. The molecule has 2 atom stereocenters. The van der Waals surface area contributed by atoms with Crippen molar-refractivity contribution in [3.63, 3.8) is 0 Å². The summed E-state index contributed by atoms with van der Waals surface area (Å²) in [6.07, 6.45) is 9.66. The number of imidazole rings is 1. The van der Waals surface area contributed by atoms with Gasteiger partial charge in [-0.2, -0.15) is 0 Å². The summed E-state index contributed by atoms with van der Waals surface area (Å²) in [6, 6.07) is 0.290. The van der Waals surface area contributed by atoms with Gasteiger partial charge < -0.3 is 14.8 Å². The van der Waals surface area contributed by atoms with E-state index in [1.807, 2.05) is 24.2 Å². The fraction of sp³-hybridized carbons (Fsp3) is 0.600. The van der Waals surface area contributed by atoms with E-state index in [1.54, 1.807) is 6.20 Å². The molecule has 2 aromatic heterocycles. The van der Waals surface area contributed by atoms with E-state index in [9.17, 15) is 4.79 Å². The first-order chi connectivity index (χ1) is 13.2. The first-order valence-electron chi connectivity index (χ1n) is 10.0. The maximum absolute atomic E-state index is 13.0. The second-order valence-electron chi connectivity index (χ2n) is 7.61. The van der Waals surface area contributed by atoms with Crippen molar-refractivity contribution in [2.24, 2.45) is 5.92 Å². The summed E-state index contributed by atoms with van der Waals surface area (Å²) in [5.74, 6) is 2.05. The molecule has 7 nitrogen and oxygen atoms in total. The number of fused-ring (bicyclic) bond motifs is 1. The number of aromatic nitrogens is 4. The summed E-state index contributed by atoms with van der Waals surface area (Å²) >= 11 is 0. The van der Waals surface area contributed by atoms with E-state index in [0.717, 1.165) is 55.3 Å². The van der Waals surface area contributed by atoms with Gasteiger partial charge in [0.05, 0.1) is 17.7 Å². The Morgan fingerprint density at radius 3 is 3.07 bits per heavy atom. The molecule has 27 heavy (non-hydrogen) atoms. The third-order valence-corrected chi connectivity index (χ3v) is 5.65. The highest BCUT2D eigenvalue weighted by atomic mass is 16.2. The van der Waals surface area contributed by atoms with Crippen LogP contribution in [-0.2, 0) is 30.7 Å². The quantitative estimate of drug-likeness (QED) is 0.872. The smallest absolute Gasteiger partial charge is 0.227 e. The van der Waals surface area contributed by atoms with Crippen molar-refractivity contribution in [2.45, 2.75) is 58.7 Å². The Hall–Kier alpha value is -2.28. The van der Waals surface area contributed by atoms with Gasteiger partial charge in [0, 0.05) is 56.6 Å². The van der Waals surface area contributed by atoms with Crippen molar-refractivity contribution in [3.8, 4) is 0 Å². The van der Waals surface area contributed by atoms with Gasteiger partial charge in [-0.3, -0.25) is 4.79 Å². The summed E-state index contributed by atoms with van der Waals surface area (Å²) in [7, 11) is 0. The summed E-state index contributed by atoms with van der Waals surface area (Å²) in [6.45, 7) is 7.15. The Kier molecular flexibility index (Phi) is 5.20. The van der Waals surface area contributed by atoms with E-state index >= 15 is 0 Å². The van der Waals surface area contributed by atoms with Crippen molar-refractivity contribution >= 4 is 5.91 Å². The molecule has 0 radical (unpaired) electrons. The summed E-state index contributed by atoms with van der Waals surface area (Å²) in [4.78, 5) is 28.6. The molecule has 0 aliphatic carbocycles. The van der Waals surface area contributed by atoms with Gasteiger partial charge in [0.2, 0.25) is 5.91 Å². The highest BCUT2D eigenvalue weighted by molar-refractivity contribution is 5.78. The van der Waals surface area contributed by atoms with Gasteiger partial charge in [0.15, 0.2) is 0 Å². The maximum Gasteiger partial charge on any atom is 0.227 e. The molecule has 0 unspecified atom stereocenters. The molecule has 2 aliphatic rings. The Balaban J connectivity index is 1.41. The van der Waals surface area contributed by atoms with E-state index in [2.05, 4.69) is 26.8 Å². The molecule has 2 aliphatic heterocycles. The number of nitrogens with zero attached hydrogens (tertiary/aromatic N) is 5. The van der Waals surface area contributed by atoms with Crippen LogP contribution in [0.1, 0.15) is 55.6 Å². The number of amides is 1. The van der Waals surface area contributed by atoms with E-state index in [-0.39, 0.29) is 17.9 Å². The number of nitrogens with one attached hydrogen (secondary N) is 1. The normalized spacial score (nSPS) is 20.5. The molecule has 144 valence electrons. The predicted octanol–water partition coefficient (Wildman–Crippen LogP) is 1.88. The van der Waals surface area contributed by atoms with Crippen LogP contribution in [0.5, 0.6) is 0 Å². The van der Waals surface area contributed by atoms with E-state index in [1.165, 1.54) is 6.42 Å². The standard InChI is InChI=1S/C20H28N6O/c1-3-18-22-8-10-25(18)12-14(2)20(27)26-9-6-16-15(13-26)11-23-19(24-16)17-5-4-7-21-17/h8,10-11,14,17,21H,3-7,9,12-13H2,1-2H3/t14-,17+/m0/s1. The highest BCUT2D eigenvalue weighted by Crippen LogP contribution is 2.24. The number of hydrogen-bond acceptors (Lipinski definition) is 5. The topological polar surface area (TPSA) is 75.9 Å². The third kappa shape index (κ3) is 3.74. The Labute approximate surface area is 160 Å². The molecule has 2 aromatic rings. The molecule has 4 heterocycles. The van der Waals surface area contributed by atoms with Crippen LogP contribution in [0.2, 0.25) is 0 Å². The number of rotatable bonds is 5. The Morgan fingerprint density at radius 2 is 2.30 bits per heavy atom. The lowest BCUT2D eigenvalue weighted by molar-refractivity contribution is -0.136. The molecule has 1 fully saturated rings. The van der Waals surface area contributed by atoms with Crippen LogP contribution in [0.25, 0.3) is 0 Å². The summed E-state index contributed by atoms with van der Waals surface area (Å²) < 4.78 is 2.09. The first-order valence-corrected chi connectivity index (χ1v) is 10.0. The number of aryl methyl sites for hydroxylation is 1. The molecule has 0 aromatic carbocycles. The van der Waals surface area contributed by atoms with Crippen LogP contribution < -0.4 is 5.32 Å².